The van der Waals surface area contributed by atoms with Crippen LogP contribution in [0.25, 0.3) is 0 Å². The Morgan fingerprint density at radius 3 is 2.08 bits per heavy atom. The van der Waals surface area contributed by atoms with Gasteiger partial charge in [0.1, 0.15) is 0 Å². The predicted octanol–water partition coefficient (Wildman–Crippen LogP) is 2.39. The summed E-state index contributed by atoms with van der Waals surface area (Å²) in [6, 6.07) is 0.559. The van der Waals surface area contributed by atoms with Crippen LogP contribution in [-0.2, 0) is 4.74 Å². The molecule has 0 radical (unpaired) electrons. The summed E-state index contributed by atoms with van der Waals surface area (Å²) in [5, 5.41) is 3.32. The van der Waals surface area contributed by atoms with Gasteiger partial charge in [0.15, 0.2) is 0 Å². The monoisotopic (exact) mass is 173 g/mol. The van der Waals surface area contributed by atoms with Crippen LogP contribution < -0.4 is 5.32 Å². The van der Waals surface area contributed by atoms with Gasteiger partial charge in [-0.2, -0.15) is 0 Å². The van der Waals surface area contributed by atoms with E-state index in [1.54, 1.807) is 0 Å². The first-order valence-corrected chi connectivity index (χ1v) is 4.87. The van der Waals surface area contributed by atoms with Gasteiger partial charge >= 0.3 is 0 Å². The first-order chi connectivity index (χ1) is 5.52. The molecule has 0 aromatic heterocycles. The van der Waals surface area contributed by atoms with E-state index in [9.17, 15) is 0 Å². The third-order valence-corrected chi connectivity index (χ3v) is 1.67. The van der Waals surface area contributed by atoms with Crippen molar-refractivity contribution in [2.75, 3.05) is 6.73 Å². The lowest BCUT2D eigenvalue weighted by Crippen LogP contribution is -2.30. The Morgan fingerprint density at radius 1 is 1.08 bits per heavy atom. The number of rotatable bonds is 6. The highest BCUT2D eigenvalue weighted by Crippen LogP contribution is 2.03. The smallest absolute Gasteiger partial charge is 0.0970 e. The van der Waals surface area contributed by atoms with Crippen molar-refractivity contribution >= 4 is 0 Å². The van der Waals surface area contributed by atoms with Crippen LogP contribution in [-0.4, -0.2) is 18.9 Å². The Bertz CT molecular complexity index is 102. The number of ether oxygens (including phenoxy) is 1. The van der Waals surface area contributed by atoms with Gasteiger partial charge < -0.3 is 4.74 Å². The summed E-state index contributed by atoms with van der Waals surface area (Å²) in [5.74, 6) is 0.756. The minimum absolute atomic E-state index is 0.323. The Hall–Kier alpha value is -0.0800. The molecule has 12 heavy (non-hydrogen) atoms. The van der Waals surface area contributed by atoms with E-state index in [1.165, 1.54) is 6.42 Å². The standard InChI is InChI=1S/C10H23NO/c1-8(2)6-10(5)11-7-12-9(3)4/h8-11H,6-7H2,1-5H3. The van der Waals surface area contributed by atoms with E-state index in [0.717, 1.165) is 5.92 Å². The summed E-state index contributed by atoms with van der Waals surface area (Å²) in [7, 11) is 0. The molecular weight excluding hydrogens is 150 g/mol. The maximum absolute atomic E-state index is 5.38. The molecule has 0 fully saturated rings. The normalized spacial score (nSPS) is 14.2. The topological polar surface area (TPSA) is 21.3 Å². The highest BCUT2D eigenvalue weighted by Gasteiger charge is 2.03. The van der Waals surface area contributed by atoms with Gasteiger partial charge in [0.25, 0.3) is 0 Å². The van der Waals surface area contributed by atoms with Crippen LogP contribution in [0.3, 0.4) is 0 Å². The molecule has 2 nitrogen and oxygen atoms in total. The van der Waals surface area contributed by atoms with Crippen LogP contribution in [0.15, 0.2) is 0 Å². The zero-order valence-electron chi connectivity index (χ0n) is 9.05. The average Bonchev–Trinajstić information content (AvgIpc) is 1.84. The molecule has 1 unspecified atom stereocenters. The molecule has 0 saturated heterocycles. The summed E-state index contributed by atoms with van der Waals surface area (Å²) in [4.78, 5) is 0. The first kappa shape index (κ1) is 11.9. The summed E-state index contributed by atoms with van der Waals surface area (Å²) in [6.45, 7) is 11.4. The van der Waals surface area contributed by atoms with Crippen molar-refractivity contribution in [3.63, 3.8) is 0 Å². The Kier molecular flexibility index (Phi) is 6.39. The molecule has 0 aromatic rings. The molecule has 0 aliphatic rings. The Balaban J connectivity index is 3.25. The van der Waals surface area contributed by atoms with Gasteiger partial charge in [0.2, 0.25) is 0 Å². The van der Waals surface area contributed by atoms with Crippen LogP contribution in [0.5, 0.6) is 0 Å². The summed E-state index contributed by atoms with van der Waals surface area (Å²) >= 11 is 0. The Labute approximate surface area is 76.7 Å². The van der Waals surface area contributed by atoms with Gasteiger partial charge in [-0.1, -0.05) is 13.8 Å². The van der Waals surface area contributed by atoms with Crippen molar-refractivity contribution in [2.24, 2.45) is 5.92 Å². The molecule has 0 aromatic carbocycles. The molecular formula is C10H23NO. The summed E-state index contributed by atoms with van der Waals surface area (Å²) in [5.41, 5.74) is 0. The SMILES string of the molecule is CC(C)CC(C)NCOC(C)C. The minimum Gasteiger partial charge on any atom is -0.364 e. The molecule has 74 valence electrons. The van der Waals surface area contributed by atoms with Gasteiger partial charge in [-0.15, -0.1) is 0 Å². The van der Waals surface area contributed by atoms with E-state index in [1.807, 2.05) is 0 Å². The summed E-state index contributed by atoms with van der Waals surface area (Å²) < 4.78 is 5.38. The second-order valence-corrected chi connectivity index (χ2v) is 4.09. The van der Waals surface area contributed by atoms with Crippen molar-refractivity contribution in [2.45, 2.75) is 53.2 Å². The quantitative estimate of drug-likeness (QED) is 0.623. The lowest BCUT2D eigenvalue weighted by atomic mass is 10.1. The molecule has 2 heteroatoms. The fourth-order valence-corrected chi connectivity index (χ4v) is 1.15. The average molecular weight is 173 g/mol. The fourth-order valence-electron chi connectivity index (χ4n) is 1.15. The molecule has 0 saturated carbocycles. The third-order valence-electron chi connectivity index (χ3n) is 1.67. The number of nitrogens with one attached hydrogen (secondary N) is 1. The van der Waals surface area contributed by atoms with E-state index in [0.29, 0.717) is 18.9 Å². The molecule has 0 aliphatic heterocycles. The van der Waals surface area contributed by atoms with E-state index >= 15 is 0 Å². The maximum atomic E-state index is 5.38. The molecule has 0 aliphatic carbocycles. The van der Waals surface area contributed by atoms with Crippen molar-refractivity contribution in [1.29, 1.82) is 0 Å². The van der Waals surface area contributed by atoms with Crippen LogP contribution in [0.2, 0.25) is 0 Å². The molecule has 1 atom stereocenters. The van der Waals surface area contributed by atoms with Gasteiger partial charge in [0.05, 0.1) is 12.8 Å². The molecule has 0 bridgehead atoms. The highest BCUT2D eigenvalue weighted by molar-refractivity contribution is 4.60. The maximum Gasteiger partial charge on any atom is 0.0970 e. The van der Waals surface area contributed by atoms with Gasteiger partial charge in [0, 0.05) is 6.04 Å². The molecule has 0 spiro atoms. The zero-order chi connectivity index (χ0) is 9.56. The highest BCUT2D eigenvalue weighted by atomic mass is 16.5. The first-order valence-electron chi connectivity index (χ1n) is 4.87. The van der Waals surface area contributed by atoms with Crippen LogP contribution >= 0.6 is 0 Å². The second-order valence-electron chi connectivity index (χ2n) is 4.09. The van der Waals surface area contributed by atoms with E-state index in [2.05, 4.69) is 39.9 Å². The lowest BCUT2D eigenvalue weighted by molar-refractivity contribution is 0.0579. The van der Waals surface area contributed by atoms with Crippen molar-refractivity contribution < 1.29 is 4.74 Å². The summed E-state index contributed by atoms with van der Waals surface area (Å²) in [6.07, 6.45) is 1.53. The number of hydrogen-bond donors (Lipinski definition) is 1. The van der Waals surface area contributed by atoms with Gasteiger partial charge in [-0.05, 0) is 33.1 Å². The van der Waals surface area contributed by atoms with Crippen LogP contribution in [0.4, 0.5) is 0 Å². The predicted molar refractivity (Wildman–Crippen MR) is 53.1 cm³/mol. The molecule has 0 heterocycles. The third kappa shape index (κ3) is 8.02. The largest absolute Gasteiger partial charge is 0.364 e. The minimum atomic E-state index is 0.323. The second kappa shape index (κ2) is 6.44. The number of hydrogen-bond acceptors (Lipinski definition) is 2. The lowest BCUT2D eigenvalue weighted by Gasteiger charge is -2.16. The molecule has 0 amide bonds. The zero-order valence-corrected chi connectivity index (χ0v) is 9.05. The van der Waals surface area contributed by atoms with Crippen LogP contribution in [0, 0.1) is 5.92 Å². The van der Waals surface area contributed by atoms with E-state index < -0.39 is 0 Å². The van der Waals surface area contributed by atoms with Gasteiger partial charge in [-0.3, -0.25) is 5.32 Å². The Morgan fingerprint density at radius 2 is 1.67 bits per heavy atom. The van der Waals surface area contributed by atoms with Crippen molar-refractivity contribution in [3.8, 4) is 0 Å². The van der Waals surface area contributed by atoms with Crippen molar-refractivity contribution in [1.82, 2.24) is 5.32 Å². The van der Waals surface area contributed by atoms with E-state index in [4.69, 9.17) is 4.74 Å². The molecule has 1 N–H and O–H groups in total. The van der Waals surface area contributed by atoms with E-state index in [-0.39, 0.29) is 0 Å². The molecule has 0 rings (SSSR count). The van der Waals surface area contributed by atoms with Crippen molar-refractivity contribution in [3.05, 3.63) is 0 Å². The van der Waals surface area contributed by atoms with Crippen LogP contribution in [0.1, 0.15) is 41.0 Å². The fraction of sp³-hybridized carbons (Fsp3) is 1.00. The van der Waals surface area contributed by atoms with Gasteiger partial charge in [-0.25, -0.2) is 0 Å².